The van der Waals surface area contributed by atoms with Crippen LogP contribution in [0.25, 0.3) is 11.0 Å². The summed E-state index contributed by atoms with van der Waals surface area (Å²) < 4.78 is 2.11. The van der Waals surface area contributed by atoms with Crippen LogP contribution in [0.5, 0.6) is 0 Å². The van der Waals surface area contributed by atoms with Crippen molar-refractivity contribution in [3.8, 4) is 0 Å². The van der Waals surface area contributed by atoms with Crippen LogP contribution in [0.4, 0.5) is 11.4 Å². The van der Waals surface area contributed by atoms with Crippen molar-refractivity contribution in [1.29, 1.82) is 0 Å². The van der Waals surface area contributed by atoms with E-state index in [-0.39, 0.29) is 17.3 Å². The van der Waals surface area contributed by atoms with Crippen molar-refractivity contribution >= 4 is 40.1 Å². The number of imidazole rings is 1. The highest BCUT2D eigenvalue weighted by molar-refractivity contribution is 7.99. The van der Waals surface area contributed by atoms with E-state index >= 15 is 0 Å². The monoisotopic (exact) mass is 396 g/mol. The number of nitro groups is 1. The molecular formula is C20H20N4O3S. The van der Waals surface area contributed by atoms with Gasteiger partial charge in [-0.25, -0.2) is 4.98 Å². The quantitative estimate of drug-likeness (QED) is 0.369. The lowest BCUT2D eigenvalue weighted by atomic mass is 10.0. The fourth-order valence-electron chi connectivity index (χ4n) is 3.63. The molecule has 0 unspecified atom stereocenters. The van der Waals surface area contributed by atoms with Gasteiger partial charge in [-0.2, -0.15) is 0 Å². The maximum absolute atomic E-state index is 12.9. The Bertz CT molecular complexity index is 1060. The average molecular weight is 396 g/mol. The van der Waals surface area contributed by atoms with Gasteiger partial charge in [-0.05, 0) is 43.5 Å². The fraction of sp³-hybridized carbons (Fsp3) is 0.300. The molecule has 8 heteroatoms. The van der Waals surface area contributed by atoms with Gasteiger partial charge in [-0.1, -0.05) is 23.9 Å². The highest BCUT2D eigenvalue weighted by Gasteiger charge is 2.25. The Morgan fingerprint density at radius 1 is 1.29 bits per heavy atom. The summed E-state index contributed by atoms with van der Waals surface area (Å²) in [7, 11) is 0. The van der Waals surface area contributed by atoms with E-state index in [0.717, 1.165) is 46.8 Å². The van der Waals surface area contributed by atoms with E-state index in [1.807, 2.05) is 24.3 Å². The van der Waals surface area contributed by atoms with E-state index in [1.54, 1.807) is 17.0 Å². The van der Waals surface area contributed by atoms with Gasteiger partial charge in [0.15, 0.2) is 5.16 Å². The lowest BCUT2D eigenvalue weighted by molar-refractivity contribution is -0.384. The molecular weight excluding hydrogens is 376 g/mol. The van der Waals surface area contributed by atoms with E-state index in [2.05, 4.69) is 16.5 Å². The zero-order chi connectivity index (χ0) is 19.7. The summed E-state index contributed by atoms with van der Waals surface area (Å²) in [6.45, 7) is 3.48. The molecule has 0 bridgehead atoms. The maximum Gasteiger partial charge on any atom is 0.269 e. The molecule has 0 saturated heterocycles. The van der Waals surface area contributed by atoms with Crippen molar-refractivity contribution in [1.82, 2.24) is 9.55 Å². The standard InChI is InChI=1S/C20H20N4O3S/c1-2-22-18-8-4-3-7-16(18)21-20(22)28-13-19(25)23-11-5-6-14-12-15(24(26)27)9-10-17(14)23/h3-4,7-10,12H,2,5-6,11,13H2,1H3. The van der Waals surface area contributed by atoms with Gasteiger partial charge in [0.25, 0.3) is 5.69 Å². The van der Waals surface area contributed by atoms with Gasteiger partial charge in [-0.15, -0.1) is 0 Å². The second kappa shape index (κ2) is 7.63. The van der Waals surface area contributed by atoms with Crippen LogP contribution in [0.1, 0.15) is 18.9 Å². The van der Waals surface area contributed by atoms with Crippen LogP contribution in [-0.4, -0.2) is 32.7 Å². The molecule has 144 valence electrons. The lowest BCUT2D eigenvalue weighted by Crippen LogP contribution is -2.36. The van der Waals surface area contributed by atoms with Gasteiger partial charge >= 0.3 is 0 Å². The molecule has 1 aliphatic rings. The predicted octanol–water partition coefficient (Wildman–Crippen LogP) is 4.04. The van der Waals surface area contributed by atoms with E-state index in [9.17, 15) is 14.9 Å². The summed E-state index contributed by atoms with van der Waals surface area (Å²) in [6, 6.07) is 12.7. The van der Waals surface area contributed by atoms with Gasteiger partial charge in [0.1, 0.15) is 0 Å². The van der Waals surface area contributed by atoms with Gasteiger partial charge in [0.2, 0.25) is 5.91 Å². The van der Waals surface area contributed by atoms with E-state index < -0.39 is 4.92 Å². The number of carbonyl (C=O) groups is 1. The fourth-order valence-corrected chi connectivity index (χ4v) is 4.58. The average Bonchev–Trinajstić information content (AvgIpc) is 3.08. The third-order valence-corrected chi connectivity index (χ3v) is 5.92. The molecule has 28 heavy (non-hydrogen) atoms. The maximum atomic E-state index is 12.9. The minimum atomic E-state index is -0.397. The minimum absolute atomic E-state index is 0.00508. The van der Waals surface area contributed by atoms with Crippen LogP contribution in [-0.2, 0) is 17.8 Å². The van der Waals surface area contributed by atoms with Crippen LogP contribution in [0, 0.1) is 10.1 Å². The first-order valence-electron chi connectivity index (χ1n) is 9.24. The summed E-state index contributed by atoms with van der Waals surface area (Å²) >= 11 is 1.43. The highest BCUT2D eigenvalue weighted by atomic mass is 32.2. The van der Waals surface area contributed by atoms with Gasteiger partial charge in [0, 0.05) is 30.9 Å². The van der Waals surface area contributed by atoms with Gasteiger partial charge in [0.05, 0.1) is 21.7 Å². The Morgan fingerprint density at radius 2 is 2.11 bits per heavy atom. The summed E-state index contributed by atoms with van der Waals surface area (Å²) in [4.78, 5) is 29.9. The predicted molar refractivity (Wildman–Crippen MR) is 110 cm³/mol. The van der Waals surface area contributed by atoms with Crippen molar-refractivity contribution in [2.24, 2.45) is 0 Å². The molecule has 0 saturated carbocycles. The SMILES string of the molecule is CCn1c(SCC(=O)N2CCCc3cc([N+](=O)[O-])ccc32)nc2ccccc21. The highest BCUT2D eigenvalue weighted by Crippen LogP contribution is 2.32. The number of hydrogen-bond donors (Lipinski definition) is 0. The first kappa shape index (κ1) is 18.5. The van der Waals surface area contributed by atoms with Crippen molar-refractivity contribution < 1.29 is 9.72 Å². The molecule has 1 aromatic heterocycles. The third-order valence-electron chi connectivity index (χ3n) is 4.95. The Kier molecular flexibility index (Phi) is 5.04. The summed E-state index contributed by atoms with van der Waals surface area (Å²) in [5, 5.41) is 11.8. The van der Waals surface area contributed by atoms with E-state index in [1.165, 1.54) is 17.8 Å². The molecule has 0 spiro atoms. The Balaban J connectivity index is 1.53. The first-order valence-corrected chi connectivity index (χ1v) is 10.2. The molecule has 0 atom stereocenters. The topological polar surface area (TPSA) is 81.3 Å². The molecule has 4 rings (SSSR count). The largest absolute Gasteiger partial charge is 0.319 e. The summed E-state index contributed by atoms with van der Waals surface area (Å²) in [5.74, 6) is 0.272. The smallest absolute Gasteiger partial charge is 0.269 e. The Labute approximate surface area is 166 Å². The number of nitrogens with zero attached hydrogens (tertiary/aromatic N) is 4. The Morgan fingerprint density at radius 3 is 2.89 bits per heavy atom. The number of hydrogen-bond acceptors (Lipinski definition) is 5. The zero-order valence-corrected chi connectivity index (χ0v) is 16.3. The van der Waals surface area contributed by atoms with Gasteiger partial charge < -0.3 is 9.47 Å². The molecule has 0 N–H and O–H groups in total. The molecule has 0 fully saturated rings. The summed E-state index contributed by atoms with van der Waals surface area (Å²) in [6.07, 6.45) is 1.55. The lowest BCUT2D eigenvalue weighted by Gasteiger charge is -2.29. The Hall–Kier alpha value is -2.87. The number of thioether (sulfide) groups is 1. The number of benzene rings is 2. The molecule has 2 heterocycles. The number of anilines is 1. The van der Waals surface area contributed by atoms with Crippen LogP contribution in [0.3, 0.4) is 0 Å². The normalized spacial score (nSPS) is 13.5. The second-order valence-electron chi connectivity index (χ2n) is 6.64. The first-order chi connectivity index (χ1) is 13.6. The number of rotatable bonds is 5. The van der Waals surface area contributed by atoms with Crippen LogP contribution < -0.4 is 4.90 Å². The number of para-hydroxylation sites is 2. The number of non-ortho nitro benzene ring substituents is 1. The van der Waals surface area contributed by atoms with Crippen molar-refractivity contribution in [3.05, 3.63) is 58.1 Å². The zero-order valence-electron chi connectivity index (χ0n) is 15.5. The molecule has 2 aromatic carbocycles. The van der Waals surface area contributed by atoms with Crippen molar-refractivity contribution in [3.63, 3.8) is 0 Å². The number of carbonyl (C=O) groups excluding carboxylic acids is 1. The molecule has 1 amide bonds. The van der Waals surface area contributed by atoms with Crippen LogP contribution >= 0.6 is 11.8 Å². The molecule has 0 aliphatic carbocycles. The molecule has 3 aromatic rings. The second-order valence-corrected chi connectivity index (χ2v) is 7.58. The van der Waals surface area contributed by atoms with Crippen molar-refractivity contribution in [2.75, 3.05) is 17.2 Å². The van der Waals surface area contributed by atoms with Crippen molar-refractivity contribution in [2.45, 2.75) is 31.5 Å². The van der Waals surface area contributed by atoms with Crippen LogP contribution in [0.2, 0.25) is 0 Å². The molecule has 1 aliphatic heterocycles. The number of fused-ring (bicyclic) bond motifs is 2. The van der Waals surface area contributed by atoms with Crippen LogP contribution in [0.15, 0.2) is 47.6 Å². The third kappa shape index (κ3) is 3.35. The van der Waals surface area contributed by atoms with E-state index in [4.69, 9.17) is 0 Å². The number of nitro benzene ring substituents is 1. The number of aromatic nitrogens is 2. The number of amides is 1. The minimum Gasteiger partial charge on any atom is -0.319 e. The molecule has 7 nitrogen and oxygen atoms in total. The number of aryl methyl sites for hydroxylation is 2. The molecule has 0 radical (unpaired) electrons. The summed E-state index contributed by atoms with van der Waals surface area (Å²) in [5.41, 5.74) is 3.70. The van der Waals surface area contributed by atoms with E-state index in [0.29, 0.717) is 6.54 Å². The van der Waals surface area contributed by atoms with Gasteiger partial charge in [-0.3, -0.25) is 14.9 Å².